The first-order chi connectivity index (χ1) is 9.22. The first-order valence-electron chi connectivity index (χ1n) is 6.01. The molecule has 2 aromatic rings. The normalized spacial score (nSPS) is 12.2. The molecule has 0 fully saturated rings. The van der Waals surface area contributed by atoms with Crippen molar-refractivity contribution in [3.05, 3.63) is 65.7 Å². The molecule has 1 atom stereocenters. The predicted molar refractivity (Wildman–Crippen MR) is 70.1 cm³/mol. The lowest BCUT2D eigenvalue weighted by Gasteiger charge is -2.17. The summed E-state index contributed by atoms with van der Waals surface area (Å²) in [7, 11) is 1.78. The highest BCUT2D eigenvalue weighted by Gasteiger charge is 2.14. The molecule has 0 heterocycles. The SMILES string of the molecule is CNC(COc1c(F)cccc1F)c1ccccc1. The highest BCUT2D eigenvalue weighted by atomic mass is 19.1. The number of likely N-dealkylation sites (N-methyl/N-ethyl adjacent to an activating group) is 1. The molecule has 2 rings (SSSR count). The maximum Gasteiger partial charge on any atom is 0.190 e. The number of hydrogen-bond donors (Lipinski definition) is 1. The molecule has 0 aliphatic carbocycles. The van der Waals surface area contributed by atoms with E-state index in [1.54, 1.807) is 7.05 Å². The van der Waals surface area contributed by atoms with Crippen molar-refractivity contribution in [2.45, 2.75) is 6.04 Å². The van der Waals surface area contributed by atoms with Crippen molar-refractivity contribution in [2.24, 2.45) is 0 Å². The summed E-state index contributed by atoms with van der Waals surface area (Å²) in [5.41, 5.74) is 1.00. The summed E-state index contributed by atoms with van der Waals surface area (Å²) < 4.78 is 32.1. The Morgan fingerprint density at radius 3 is 2.21 bits per heavy atom. The van der Waals surface area contributed by atoms with Crippen LogP contribution in [0.25, 0.3) is 0 Å². The maximum atomic E-state index is 13.4. The van der Waals surface area contributed by atoms with E-state index in [0.717, 1.165) is 5.56 Å². The average Bonchev–Trinajstić information content (AvgIpc) is 2.43. The van der Waals surface area contributed by atoms with Gasteiger partial charge in [0.15, 0.2) is 17.4 Å². The van der Waals surface area contributed by atoms with Crippen molar-refractivity contribution in [1.29, 1.82) is 0 Å². The molecule has 0 saturated carbocycles. The van der Waals surface area contributed by atoms with Crippen LogP contribution in [0.1, 0.15) is 11.6 Å². The second-order valence-electron chi connectivity index (χ2n) is 4.11. The summed E-state index contributed by atoms with van der Waals surface area (Å²) in [6, 6.07) is 13.1. The van der Waals surface area contributed by atoms with Crippen LogP contribution in [0.15, 0.2) is 48.5 Å². The first-order valence-corrected chi connectivity index (χ1v) is 6.01. The lowest BCUT2D eigenvalue weighted by atomic mass is 10.1. The number of para-hydroxylation sites is 1. The van der Waals surface area contributed by atoms with Crippen LogP contribution in [0.4, 0.5) is 8.78 Å². The van der Waals surface area contributed by atoms with Crippen molar-refractivity contribution in [2.75, 3.05) is 13.7 Å². The molecule has 1 N–H and O–H groups in total. The molecule has 0 aromatic heterocycles. The fourth-order valence-corrected chi connectivity index (χ4v) is 1.82. The van der Waals surface area contributed by atoms with Crippen LogP contribution in [0, 0.1) is 11.6 Å². The third-order valence-corrected chi connectivity index (χ3v) is 2.86. The summed E-state index contributed by atoms with van der Waals surface area (Å²) >= 11 is 0. The number of hydrogen-bond acceptors (Lipinski definition) is 2. The summed E-state index contributed by atoms with van der Waals surface area (Å²) in [4.78, 5) is 0. The number of halogens is 2. The van der Waals surface area contributed by atoms with Crippen LogP contribution < -0.4 is 10.1 Å². The minimum absolute atomic E-state index is 0.125. The smallest absolute Gasteiger partial charge is 0.190 e. The molecule has 2 nitrogen and oxygen atoms in total. The van der Waals surface area contributed by atoms with Crippen LogP contribution in [0.2, 0.25) is 0 Å². The van der Waals surface area contributed by atoms with Crippen LogP contribution in [-0.4, -0.2) is 13.7 Å². The Morgan fingerprint density at radius 2 is 1.63 bits per heavy atom. The molecular formula is C15H15F2NO. The average molecular weight is 263 g/mol. The zero-order chi connectivity index (χ0) is 13.7. The van der Waals surface area contributed by atoms with Gasteiger partial charge in [-0.1, -0.05) is 36.4 Å². The fourth-order valence-electron chi connectivity index (χ4n) is 1.82. The van der Waals surface area contributed by atoms with Crippen LogP contribution in [0.5, 0.6) is 5.75 Å². The number of ether oxygens (including phenoxy) is 1. The Balaban J connectivity index is 2.09. The molecule has 2 aromatic carbocycles. The molecule has 100 valence electrons. The van der Waals surface area contributed by atoms with Crippen LogP contribution >= 0.6 is 0 Å². The summed E-state index contributed by atoms with van der Waals surface area (Å²) in [6.45, 7) is 0.151. The van der Waals surface area contributed by atoms with E-state index in [2.05, 4.69) is 5.32 Å². The summed E-state index contributed by atoms with van der Waals surface area (Å²) in [5, 5.41) is 3.06. The number of rotatable bonds is 5. The Hall–Kier alpha value is -1.94. The molecule has 0 aliphatic heterocycles. The fraction of sp³-hybridized carbons (Fsp3) is 0.200. The Morgan fingerprint density at radius 1 is 1.00 bits per heavy atom. The second-order valence-corrected chi connectivity index (χ2v) is 4.11. The summed E-state index contributed by atoms with van der Waals surface area (Å²) in [6.07, 6.45) is 0. The zero-order valence-corrected chi connectivity index (χ0v) is 10.6. The minimum Gasteiger partial charge on any atom is -0.486 e. The maximum absolute atomic E-state index is 13.4. The standard InChI is InChI=1S/C15H15F2NO/c1-18-14(11-6-3-2-4-7-11)10-19-15-12(16)8-5-9-13(15)17/h2-9,14,18H,10H2,1H3. The highest BCUT2D eigenvalue weighted by Crippen LogP contribution is 2.22. The number of benzene rings is 2. The molecule has 0 saturated heterocycles. The van der Waals surface area contributed by atoms with E-state index < -0.39 is 11.6 Å². The molecule has 4 heteroatoms. The van der Waals surface area contributed by atoms with Crippen molar-refractivity contribution < 1.29 is 13.5 Å². The van der Waals surface area contributed by atoms with Crippen molar-refractivity contribution in [3.8, 4) is 5.75 Å². The molecule has 0 spiro atoms. The van der Waals surface area contributed by atoms with E-state index >= 15 is 0 Å². The van der Waals surface area contributed by atoms with Crippen LogP contribution in [0.3, 0.4) is 0 Å². The van der Waals surface area contributed by atoms with Gasteiger partial charge in [-0.15, -0.1) is 0 Å². The molecule has 0 bridgehead atoms. The molecule has 19 heavy (non-hydrogen) atoms. The van der Waals surface area contributed by atoms with Gasteiger partial charge in [0.1, 0.15) is 6.61 Å². The predicted octanol–water partition coefficient (Wildman–Crippen LogP) is 3.30. The lowest BCUT2D eigenvalue weighted by Crippen LogP contribution is -2.23. The largest absolute Gasteiger partial charge is 0.486 e. The van der Waals surface area contributed by atoms with E-state index in [-0.39, 0.29) is 18.4 Å². The Labute approximate surface area is 111 Å². The van der Waals surface area contributed by atoms with E-state index in [1.165, 1.54) is 18.2 Å². The van der Waals surface area contributed by atoms with Gasteiger partial charge in [-0.3, -0.25) is 0 Å². The molecule has 0 radical (unpaired) electrons. The number of nitrogens with one attached hydrogen (secondary N) is 1. The molecule has 1 unspecified atom stereocenters. The molecule has 0 amide bonds. The third-order valence-electron chi connectivity index (χ3n) is 2.86. The van der Waals surface area contributed by atoms with E-state index in [4.69, 9.17) is 4.74 Å². The second kappa shape index (κ2) is 6.29. The monoisotopic (exact) mass is 263 g/mol. The van der Waals surface area contributed by atoms with Crippen molar-refractivity contribution in [3.63, 3.8) is 0 Å². The Kier molecular flexibility index (Phi) is 4.47. The third kappa shape index (κ3) is 3.29. The minimum atomic E-state index is -0.692. The Bertz CT molecular complexity index is 511. The van der Waals surface area contributed by atoms with E-state index in [0.29, 0.717) is 0 Å². The van der Waals surface area contributed by atoms with Gasteiger partial charge >= 0.3 is 0 Å². The first kappa shape index (κ1) is 13.5. The van der Waals surface area contributed by atoms with Gasteiger partial charge in [0.05, 0.1) is 6.04 Å². The van der Waals surface area contributed by atoms with Gasteiger partial charge in [-0.2, -0.15) is 0 Å². The lowest BCUT2D eigenvalue weighted by molar-refractivity contribution is 0.249. The van der Waals surface area contributed by atoms with Gasteiger partial charge in [-0.25, -0.2) is 8.78 Å². The highest BCUT2D eigenvalue weighted by molar-refractivity contribution is 5.26. The molecular weight excluding hydrogens is 248 g/mol. The van der Waals surface area contributed by atoms with Crippen LogP contribution in [-0.2, 0) is 0 Å². The van der Waals surface area contributed by atoms with Gasteiger partial charge in [0.25, 0.3) is 0 Å². The van der Waals surface area contributed by atoms with Crippen molar-refractivity contribution >= 4 is 0 Å². The zero-order valence-electron chi connectivity index (χ0n) is 10.6. The summed E-state index contributed by atoms with van der Waals surface area (Å²) in [5.74, 6) is -1.72. The topological polar surface area (TPSA) is 21.3 Å². The van der Waals surface area contributed by atoms with Gasteiger partial charge in [-0.05, 0) is 24.7 Å². The van der Waals surface area contributed by atoms with Gasteiger partial charge in [0.2, 0.25) is 0 Å². The van der Waals surface area contributed by atoms with Crippen molar-refractivity contribution in [1.82, 2.24) is 5.32 Å². The van der Waals surface area contributed by atoms with E-state index in [9.17, 15) is 8.78 Å². The quantitative estimate of drug-likeness (QED) is 0.893. The molecule has 0 aliphatic rings. The van der Waals surface area contributed by atoms with Gasteiger partial charge in [0, 0.05) is 0 Å². The van der Waals surface area contributed by atoms with Gasteiger partial charge < -0.3 is 10.1 Å². The van der Waals surface area contributed by atoms with E-state index in [1.807, 2.05) is 30.3 Å².